The Morgan fingerprint density at radius 3 is 2.83 bits per heavy atom. The molecule has 0 aliphatic rings. The van der Waals surface area contributed by atoms with Gasteiger partial charge in [0, 0.05) is 10.2 Å². The monoisotopic (exact) mass is 247 g/mol. The van der Waals surface area contributed by atoms with Gasteiger partial charge in [-0.2, -0.15) is 0 Å². The average molecular weight is 248 g/mol. The van der Waals surface area contributed by atoms with Crippen LogP contribution in [0, 0.1) is 0 Å². The second kappa shape index (κ2) is 4.74. The van der Waals surface area contributed by atoms with Crippen molar-refractivity contribution in [2.75, 3.05) is 5.75 Å². The largest absolute Gasteiger partial charge is 0.772 e. The first kappa shape index (κ1) is 9.89. The van der Waals surface area contributed by atoms with Crippen LogP contribution >= 0.6 is 15.9 Å². The fraction of sp³-hybridized carbons (Fsp3) is 0.250. The molecule has 12 heavy (non-hydrogen) atoms. The quantitative estimate of drug-likeness (QED) is 0.766. The van der Waals surface area contributed by atoms with Crippen LogP contribution in [-0.4, -0.2) is 14.5 Å². The van der Waals surface area contributed by atoms with Crippen molar-refractivity contribution in [2.45, 2.75) is 6.42 Å². The van der Waals surface area contributed by atoms with Crippen molar-refractivity contribution in [3.8, 4) is 0 Å². The van der Waals surface area contributed by atoms with Gasteiger partial charge in [0.15, 0.2) is 0 Å². The van der Waals surface area contributed by atoms with Gasteiger partial charge in [-0.15, -0.1) is 0 Å². The molecule has 0 aliphatic carbocycles. The minimum absolute atomic E-state index is 0.191. The van der Waals surface area contributed by atoms with Crippen molar-refractivity contribution in [1.82, 2.24) is 0 Å². The maximum Gasteiger partial charge on any atom is 0.0178 e. The standard InChI is InChI=1S/C8H9BrO2S/c9-8-3-1-2-7(6-8)4-5-12(10)11/h1-3,6H,4-5H2,(H,10,11)/p-1. The number of rotatable bonds is 3. The first-order valence-electron chi connectivity index (χ1n) is 3.49. The fourth-order valence-corrected chi connectivity index (χ4v) is 1.74. The van der Waals surface area contributed by atoms with Gasteiger partial charge in [0.25, 0.3) is 0 Å². The number of aryl methyl sites for hydroxylation is 1. The van der Waals surface area contributed by atoms with E-state index in [1.54, 1.807) is 0 Å². The van der Waals surface area contributed by atoms with E-state index in [4.69, 9.17) is 0 Å². The van der Waals surface area contributed by atoms with E-state index in [9.17, 15) is 8.76 Å². The predicted molar refractivity (Wildman–Crippen MR) is 51.6 cm³/mol. The van der Waals surface area contributed by atoms with E-state index in [0.29, 0.717) is 6.42 Å². The van der Waals surface area contributed by atoms with Crippen LogP contribution in [0.4, 0.5) is 0 Å². The van der Waals surface area contributed by atoms with Crippen LogP contribution in [0.3, 0.4) is 0 Å². The molecule has 0 bridgehead atoms. The van der Waals surface area contributed by atoms with Crippen molar-refractivity contribution in [2.24, 2.45) is 0 Å². The predicted octanol–water partition coefficient (Wildman–Crippen LogP) is 1.87. The summed E-state index contributed by atoms with van der Waals surface area (Å²) in [6, 6.07) is 7.65. The van der Waals surface area contributed by atoms with Crippen LogP contribution in [0.15, 0.2) is 28.7 Å². The van der Waals surface area contributed by atoms with Crippen molar-refractivity contribution in [3.63, 3.8) is 0 Å². The molecule has 0 saturated carbocycles. The highest BCUT2D eigenvalue weighted by molar-refractivity contribution is 9.10. The van der Waals surface area contributed by atoms with Gasteiger partial charge in [-0.05, 0) is 24.1 Å². The van der Waals surface area contributed by atoms with E-state index < -0.39 is 11.1 Å². The Morgan fingerprint density at radius 1 is 1.50 bits per heavy atom. The number of hydrogen-bond donors (Lipinski definition) is 0. The first-order valence-corrected chi connectivity index (χ1v) is 5.52. The molecule has 1 aromatic rings. The van der Waals surface area contributed by atoms with E-state index in [0.717, 1.165) is 10.0 Å². The maximum atomic E-state index is 10.2. The molecule has 0 N–H and O–H groups in total. The van der Waals surface area contributed by atoms with Gasteiger partial charge in [0.05, 0.1) is 0 Å². The minimum Gasteiger partial charge on any atom is -0.772 e. The van der Waals surface area contributed by atoms with E-state index in [-0.39, 0.29) is 5.75 Å². The molecular weight excluding hydrogens is 240 g/mol. The molecule has 0 aromatic heterocycles. The lowest BCUT2D eigenvalue weighted by Crippen LogP contribution is -1.98. The smallest absolute Gasteiger partial charge is 0.0178 e. The highest BCUT2D eigenvalue weighted by Crippen LogP contribution is 2.11. The third kappa shape index (κ3) is 3.47. The van der Waals surface area contributed by atoms with E-state index in [1.807, 2.05) is 24.3 Å². The molecule has 66 valence electrons. The molecule has 1 aromatic carbocycles. The summed E-state index contributed by atoms with van der Waals surface area (Å²) in [4.78, 5) is 0. The molecule has 1 atom stereocenters. The Bertz CT molecular complexity index is 288. The molecule has 1 rings (SSSR count). The van der Waals surface area contributed by atoms with Gasteiger partial charge in [0.1, 0.15) is 0 Å². The summed E-state index contributed by atoms with van der Waals surface area (Å²) in [7, 11) is 0. The second-order valence-electron chi connectivity index (χ2n) is 2.39. The SMILES string of the molecule is O=S([O-])CCc1cccc(Br)c1. The Kier molecular flexibility index (Phi) is 3.91. The molecule has 0 aliphatic heterocycles. The molecule has 4 heteroatoms. The zero-order valence-corrected chi connectivity index (χ0v) is 8.73. The number of halogens is 1. The van der Waals surface area contributed by atoms with Gasteiger partial charge in [-0.25, -0.2) is 0 Å². The van der Waals surface area contributed by atoms with Crippen LogP contribution in [0.25, 0.3) is 0 Å². The molecule has 1 unspecified atom stereocenters. The molecule has 2 nitrogen and oxygen atoms in total. The maximum absolute atomic E-state index is 10.2. The Hall–Kier alpha value is -0.190. The third-order valence-corrected chi connectivity index (χ3v) is 2.48. The number of hydrogen-bond acceptors (Lipinski definition) is 2. The average Bonchev–Trinajstić information content (AvgIpc) is 2.01. The van der Waals surface area contributed by atoms with Crippen molar-refractivity contribution in [1.29, 1.82) is 0 Å². The molecule has 0 fully saturated rings. The Morgan fingerprint density at radius 2 is 2.25 bits per heavy atom. The zero-order chi connectivity index (χ0) is 8.97. The summed E-state index contributed by atoms with van der Waals surface area (Å²) in [5.74, 6) is 0.191. The molecule has 0 saturated heterocycles. The van der Waals surface area contributed by atoms with Gasteiger partial charge in [-0.3, -0.25) is 4.21 Å². The summed E-state index contributed by atoms with van der Waals surface area (Å²) < 4.78 is 21.5. The van der Waals surface area contributed by atoms with E-state index in [2.05, 4.69) is 15.9 Å². The lowest BCUT2D eigenvalue weighted by atomic mass is 10.2. The van der Waals surface area contributed by atoms with Gasteiger partial charge in [-0.1, -0.05) is 39.1 Å². The van der Waals surface area contributed by atoms with Crippen molar-refractivity contribution < 1.29 is 8.76 Å². The number of benzene rings is 1. The van der Waals surface area contributed by atoms with Gasteiger partial charge < -0.3 is 4.55 Å². The molecule has 0 amide bonds. The molecule has 0 spiro atoms. The molecular formula is C8H8BrO2S-. The van der Waals surface area contributed by atoms with Crippen molar-refractivity contribution in [3.05, 3.63) is 34.3 Å². The second-order valence-corrected chi connectivity index (χ2v) is 4.32. The fourth-order valence-electron chi connectivity index (χ4n) is 0.894. The van der Waals surface area contributed by atoms with E-state index >= 15 is 0 Å². The van der Waals surface area contributed by atoms with Crippen molar-refractivity contribution >= 4 is 27.0 Å². The van der Waals surface area contributed by atoms with Crippen LogP contribution in [0.5, 0.6) is 0 Å². The van der Waals surface area contributed by atoms with Crippen LogP contribution in [0.1, 0.15) is 5.56 Å². The van der Waals surface area contributed by atoms with Crippen LogP contribution in [-0.2, 0) is 17.5 Å². The Balaban J connectivity index is 2.57. The highest BCUT2D eigenvalue weighted by Gasteiger charge is 1.93. The highest BCUT2D eigenvalue weighted by atomic mass is 79.9. The summed E-state index contributed by atoms with van der Waals surface area (Å²) in [5, 5.41) is 0. The summed E-state index contributed by atoms with van der Waals surface area (Å²) in [5.41, 5.74) is 1.04. The van der Waals surface area contributed by atoms with Crippen LogP contribution < -0.4 is 0 Å². The first-order chi connectivity index (χ1) is 5.68. The van der Waals surface area contributed by atoms with E-state index in [1.165, 1.54) is 0 Å². The van der Waals surface area contributed by atoms with Crippen LogP contribution in [0.2, 0.25) is 0 Å². The van der Waals surface area contributed by atoms with Gasteiger partial charge in [0.2, 0.25) is 0 Å². The Labute approximate surface area is 82.4 Å². The lowest BCUT2D eigenvalue weighted by molar-refractivity contribution is 0.536. The molecule has 0 radical (unpaired) electrons. The summed E-state index contributed by atoms with van der Waals surface area (Å²) in [6.45, 7) is 0. The third-order valence-electron chi connectivity index (χ3n) is 1.45. The minimum atomic E-state index is -1.94. The zero-order valence-electron chi connectivity index (χ0n) is 6.33. The summed E-state index contributed by atoms with van der Waals surface area (Å²) in [6.07, 6.45) is 0.579. The van der Waals surface area contributed by atoms with Gasteiger partial charge >= 0.3 is 0 Å². The summed E-state index contributed by atoms with van der Waals surface area (Å²) >= 11 is 1.38. The normalized spacial score (nSPS) is 12.8. The molecule has 0 heterocycles. The topological polar surface area (TPSA) is 40.1 Å². The lowest BCUT2D eigenvalue weighted by Gasteiger charge is -2.04.